The molecule has 184 valence electrons. The summed E-state index contributed by atoms with van der Waals surface area (Å²) in [6.45, 7) is 4.67. The van der Waals surface area contributed by atoms with E-state index in [1.165, 1.54) is 12.1 Å². The Morgan fingerprint density at radius 2 is 1.83 bits per heavy atom. The van der Waals surface area contributed by atoms with E-state index in [0.717, 1.165) is 35.7 Å². The number of carbonyl (C=O) groups is 1. The average molecular weight is 484 g/mol. The molecule has 2 heterocycles. The number of carbonyl (C=O) groups excluding carboxylic acids is 1. The maximum Gasteiger partial charge on any atom is 0.185 e. The highest BCUT2D eigenvalue weighted by Gasteiger charge is 2.35. The lowest BCUT2D eigenvalue weighted by molar-refractivity contribution is -0.0163. The van der Waals surface area contributed by atoms with Gasteiger partial charge in [0.15, 0.2) is 5.78 Å². The number of rotatable bonds is 7. The van der Waals surface area contributed by atoms with Gasteiger partial charge in [-0.2, -0.15) is 0 Å². The molecule has 0 bridgehead atoms. The van der Waals surface area contributed by atoms with Gasteiger partial charge >= 0.3 is 0 Å². The van der Waals surface area contributed by atoms with Gasteiger partial charge in [-0.3, -0.25) is 9.78 Å². The van der Waals surface area contributed by atoms with Gasteiger partial charge in [-0.15, -0.1) is 0 Å². The molecular formula is C27H28F3N3O2. The third kappa shape index (κ3) is 5.28. The minimum Gasteiger partial charge on any atom is -0.377 e. The molecular weight excluding hydrogens is 455 g/mol. The normalized spacial score (nSPS) is 22.2. The largest absolute Gasteiger partial charge is 0.377 e. The van der Waals surface area contributed by atoms with Crippen molar-refractivity contribution in [2.75, 3.05) is 6.61 Å². The molecule has 8 heteroatoms. The molecule has 2 aromatic heterocycles. The Morgan fingerprint density at radius 3 is 2.51 bits per heavy atom. The zero-order valence-electron chi connectivity index (χ0n) is 19.7. The van der Waals surface area contributed by atoms with E-state index in [2.05, 4.69) is 16.9 Å². The molecule has 2 N–H and O–H groups in total. The molecule has 1 aromatic carbocycles. The van der Waals surface area contributed by atoms with E-state index in [0.29, 0.717) is 13.0 Å². The summed E-state index contributed by atoms with van der Waals surface area (Å²) in [6, 6.07) is 7.20. The summed E-state index contributed by atoms with van der Waals surface area (Å²) in [5.41, 5.74) is 6.91. The van der Waals surface area contributed by atoms with Crippen LogP contribution >= 0.6 is 0 Å². The molecule has 1 aliphatic carbocycles. The van der Waals surface area contributed by atoms with Crippen molar-refractivity contribution >= 4 is 5.78 Å². The molecule has 5 nitrogen and oxygen atoms in total. The van der Waals surface area contributed by atoms with Crippen molar-refractivity contribution < 1.29 is 22.7 Å². The fourth-order valence-electron chi connectivity index (χ4n) is 5.04. The van der Waals surface area contributed by atoms with Gasteiger partial charge in [-0.25, -0.2) is 18.2 Å². The highest BCUT2D eigenvalue weighted by molar-refractivity contribution is 5.96. The summed E-state index contributed by atoms with van der Waals surface area (Å²) in [5.74, 6) is -2.85. The van der Waals surface area contributed by atoms with Crippen LogP contribution in [0.15, 0.2) is 48.8 Å². The molecule has 3 aromatic rings. The fourth-order valence-corrected chi connectivity index (χ4v) is 5.04. The first-order valence-corrected chi connectivity index (χ1v) is 11.7. The van der Waals surface area contributed by atoms with Gasteiger partial charge in [0.2, 0.25) is 0 Å². The first-order chi connectivity index (χ1) is 16.8. The number of nitrogens with zero attached hydrogens (tertiary/aromatic N) is 2. The van der Waals surface area contributed by atoms with E-state index < -0.39 is 34.5 Å². The van der Waals surface area contributed by atoms with E-state index in [9.17, 15) is 18.0 Å². The van der Waals surface area contributed by atoms with E-state index in [1.54, 1.807) is 12.4 Å². The first-order valence-electron chi connectivity index (χ1n) is 11.7. The number of ether oxygens (including phenoxy) is 1. The van der Waals surface area contributed by atoms with Crippen LogP contribution in [-0.4, -0.2) is 34.5 Å². The number of pyridine rings is 2. The van der Waals surface area contributed by atoms with Crippen LogP contribution in [0.1, 0.15) is 54.2 Å². The Bertz CT molecular complexity index is 1190. The number of benzene rings is 1. The van der Waals surface area contributed by atoms with Gasteiger partial charge in [0, 0.05) is 31.5 Å². The van der Waals surface area contributed by atoms with Gasteiger partial charge in [0.05, 0.1) is 11.7 Å². The van der Waals surface area contributed by atoms with E-state index >= 15 is 0 Å². The van der Waals surface area contributed by atoms with Crippen molar-refractivity contribution in [1.29, 1.82) is 0 Å². The number of Topliss-reactive ketones (excluding diaryl/α,β-unsaturated/α-hetero) is 1. The van der Waals surface area contributed by atoms with Crippen LogP contribution in [0.2, 0.25) is 0 Å². The number of halogens is 3. The minimum atomic E-state index is -0.955. The zero-order valence-corrected chi connectivity index (χ0v) is 19.7. The molecule has 0 spiro atoms. The van der Waals surface area contributed by atoms with Crippen LogP contribution < -0.4 is 5.73 Å². The number of hydrogen-bond donors (Lipinski definition) is 1. The SMILES string of the molecule is CCO[C@@H]1[C@H](C)C[C@H](c2ccncc2CC(=O)c2ccc(F)c(-c3c(F)cccc3F)n2)C[C@@H]1N. The predicted octanol–water partition coefficient (Wildman–Crippen LogP) is 5.23. The van der Waals surface area contributed by atoms with Crippen molar-refractivity contribution in [3.05, 3.63) is 83.1 Å². The summed E-state index contributed by atoms with van der Waals surface area (Å²) < 4.78 is 48.7. The van der Waals surface area contributed by atoms with Gasteiger partial charge < -0.3 is 10.5 Å². The smallest absolute Gasteiger partial charge is 0.185 e. The average Bonchev–Trinajstić information content (AvgIpc) is 2.82. The Morgan fingerprint density at radius 1 is 1.09 bits per heavy atom. The molecule has 0 radical (unpaired) electrons. The lowest BCUT2D eigenvalue weighted by Crippen LogP contribution is -2.46. The lowest BCUT2D eigenvalue weighted by atomic mass is 9.73. The second-order valence-corrected chi connectivity index (χ2v) is 9.03. The Labute approximate surface area is 202 Å². The topological polar surface area (TPSA) is 78.1 Å². The van der Waals surface area contributed by atoms with Crippen molar-refractivity contribution in [2.24, 2.45) is 11.7 Å². The van der Waals surface area contributed by atoms with Crippen LogP contribution in [0.5, 0.6) is 0 Å². The van der Waals surface area contributed by atoms with Crippen LogP contribution in [0, 0.1) is 23.4 Å². The van der Waals surface area contributed by atoms with Gasteiger partial charge in [-0.1, -0.05) is 13.0 Å². The third-order valence-corrected chi connectivity index (χ3v) is 6.62. The Hall–Kier alpha value is -3.10. The molecule has 35 heavy (non-hydrogen) atoms. The minimum absolute atomic E-state index is 0.0104. The first kappa shape index (κ1) is 25.0. The lowest BCUT2D eigenvalue weighted by Gasteiger charge is -2.39. The summed E-state index contributed by atoms with van der Waals surface area (Å²) in [7, 11) is 0. The zero-order chi connectivity index (χ0) is 25.1. The molecule has 0 saturated heterocycles. The van der Waals surface area contributed by atoms with Gasteiger partial charge in [-0.05, 0) is 73.1 Å². The Balaban J connectivity index is 1.60. The maximum absolute atomic E-state index is 14.4. The van der Waals surface area contributed by atoms with E-state index in [4.69, 9.17) is 10.5 Å². The highest BCUT2D eigenvalue weighted by atomic mass is 19.1. The van der Waals surface area contributed by atoms with Crippen molar-refractivity contribution in [3.63, 3.8) is 0 Å². The number of nitrogens with two attached hydrogens (primary N) is 1. The molecule has 1 fully saturated rings. The second-order valence-electron chi connectivity index (χ2n) is 9.03. The van der Waals surface area contributed by atoms with Crippen LogP contribution in [0.4, 0.5) is 13.2 Å². The number of hydrogen-bond acceptors (Lipinski definition) is 5. The monoisotopic (exact) mass is 483 g/mol. The molecule has 1 aliphatic rings. The highest BCUT2D eigenvalue weighted by Crippen LogP contribution is 2.38. The molecule has 4 atom stereocenters. The number of ketones is 1. The predicted molar refractivity (Wildman–Crippen MR) is 126 cm³/mol. The summed E-state index contributed by atoms with van der Waals surface area (Å²) in [5, 5.41) is 0. The molecule has 1 saturated carbocycles. The molecule has 0 amide bonds. The van der Waals surface area contributed by atoms with Crippen molar-refractivity contribution in [1.82, 2.24) is 9.97 Å². The van der Waals surface area contributed by atoms with E-state index in [-0.39, 0.29) is 36.1 Å². The molecule has 0 unspecified atom stereocenters. The van der Waals surface area contributed by atoms with E-state index in [1.807, 2.05) is 13.0 Å². The van der Waals surface area contributed by atoms with Gasteiger partial charge in [0.25, 0.3) is 0 Å². The summed E-state index contributed by atoms with van der Waals surface area (Å²) >= 11 is 0. The second kappa shape index (κ2) is 10.7. The third-order valence-electron chi connectivity index (χ3n) is 6.62. The fraction of sp³-hybridized carbons (Fsp3) is 0.370. The number of aromatic nitrogens is 2. The van der Waals surface area contributed by atoms with Crippen molar-refractivity contribution in [2.45, 2.75) is 51.2 Å². The summed E-state index contributed by atoms with van der Waals surface area (Å²) in [6.07, 6.45) is 4.85. The quantitative estimate of drug-likeness (QED) is 0.466. The van der Waals surface area contributed by atoms with Crippen LogP contribution in [0.3, 0.4) is 0 Å². The Kier molecular flexibility index (Phi) is 7.62. The standard InChI is InChI=1S/C27H28F3N3O2/c1-3-35-27-15(2)11-16(12-22(27)31)18-9-10-32-14-17(18)13-24(34)23-8-7-21(30)26(33-23)25-19(28)5-4-6-20(25)29/h4-10,14-16,22,27H,3,11-13,31H2,1-2H3/t15-,16+,22+,27-/m1/s1. The molecule has 0 aliphatic heterocycles. The van der Waals surface area contributed by atoms with Crippen molar-refractivity contribution in [3.8, 4) is 11.3 Å². The van der Waals surface area contributed by atoms with Gasteiger partial charge in [0.1, 0.15) is 28.8 Å². The maximum atomic E-state index is 14.4. The summed E-state index contributed by atoms with van der Waals surface area (Å²) in [4.78, 5) is 21.3. The molecule has 4 rings (SSSR count). The van der Waals surface area contributed by atoms with Crippen LogP contribution in [0.25, 0.3) is 11.3 Å². The van der Waals surface area contributed by atoms with Crippen LogP contribution in [-0.2, 0) is 11.2 Å².